The monoisotopic (exact) mass is 359 g/mol. The van der Waals surface area contributed by atoms with Crippen molar-refractivity contribution in [3.8, 4) is 0 Å². The van der Waals surface area contributed by atoms with Crippen molar-refractivity contribution in [3.05, 3.63) is 108 Å². The van der Waals surface area contributed by atoms with E-state index in [9.17, 15) is 0 Å². The molecule has 0 aromatic heterocycles. The Morgan fingerprint density at radius 3 is 1.93 bits per heavy atom. The third kappa shape index (κ3) is 2.57. The van der Waals surface area contributed by atoms with E-state index in [-0.39, 0.29) is 6.71 Å². The molecule has 0 aliphatic carbocycles. The Balaban J connectivity index is 1.85. The third-order valence-corrected chi connectivity index (χ3v) is 5.83. The number of benzene rings is 4. The molecule has 0 bridgehead atoms. The van der Waals surface area contributed by atoms with Crippen LogP contribution in [0.3, 0.4) is 0 Å². The van der Waals surface area contributed by atoms with Gasteiger partial charge in [-0.05, 0) is 49.0 Å². The number of rotatable bonds is 2. The van der Waals surface area contributed by atoms with Crippen molar-refractivity contribution in [1.82, 2.24) is 0 Å². The van der Waals surface area contributed by atoms with Crippen molar-refractivity contribution in [2.24, 2.45) is 0 Å². The zero-order chi connectivity index (χ0) is 19.1. The Hall–Kier alpha value is -3.26. The highest BCUT2D eigenvalue weighted by Gasteiger charge is 2.36. The standard InChI is InChI=1S/C26H22BN/c1-19-11-6-7-15-22(19)27-23-16-8-9-17-24(23)28(21-13-4-3-5-14-21)25-18-10-12-20(2)26(25)27/h3-18H,1-2H3. The third-order valence-electron chi connectivity index (χ3n) is 5.83. The van der Waals surface area contributed by atoms with Crippen molar-refractivity contribution in [3.63, 3.8) is 0 Å². The summed E-state index contributed by atoms with van der Waals surface area (Å²) in [6.07, 6.45) is 0. The molecular weight excluding hydrogens is 337 g/mol. The molecule has 1 aliphatic heterocycles. The van der Waals surface area contributed by atoms with E-state index in [0.717, 1.165) is 0 Å². The summed E-state index contributed by atoms with van der Waals surface area (Å²) in [5.74, 6) is 0. The van der Waals surface area contributed by atoms with E-state index < -0.39 is 0 Å². The first-order chi connectivity index (χ1) is 13.8. The van der Waals surface area contributed by atoms with E-state index >= 15 is 0 Å². The maximum Gasteiger partial charge on any atom is 0.247 e. The Kier molecular flexibility index (Phi) is 4.05. The van der Waals surface area contributed by atoms with Gasteiger partial charge in [0.05, 0.1) is 0 Å². The maximum absolute atomic E-state index is 2.41. The Bertz CT molecular complexity index is 1150. The van der Waals surface area contributed by atoms with E-state index in [0.29, 0.717) is 0 Å². The van der Waals surface area contributed by atoms with Crippen molar-refractivity contribution in [2.75, 3.05) is 4.90 Å². The lowest BCUT2D eigenvalue weighted by Crippen LogP contribution is -2.58. The van der Waals surface area contributed by atoms with Crippen LogP contribution in [0.5, 0.6) is 0 Å². The molecule has 4 aromatic carbocycles. The van der Waals surface area contributed by atoms with E-state index in [4.69, 9.17) is 0 Å². The summed E-state index contributed by atoms with van der Waals surface area (Å²) in [6, 6.07) is 35.0. The first-order valence-electron chi connectivity index (χ1n) is 9.85. The van der Waals surface area contributed by atoms with Crippen LogP contribution >= 0.6 is 0 Å². The van der Waals surface area contributed by atoms with Crippen LogP contribution in [0.2, 0.25) is 0 Å². The summed E-state index contributed by atoms with van der Waals surface area (Å²) in [4.78, 5) is 2.41. The van der Waals surface area contributed by atoms with Gasteiger partial charge < -0.3 is 4.90 Å². The van der Waals surface area contributed by atoms with Crippen LogP contribution in [0.4, 0.5) is 17.1 Å². The number of anilines is 3. The second-order valence-corrected chi connectivity index (χ2v) is 7.53. The van der Waals surface area contributed by atoms with Crippen LogP contribution in [0.1, 0.15) is 11.1 Å². The second kappa shape index (κ2) is 6.72. The number of nitrogens with zero attached hydrogens (tertiary/aromatic N) is 1. The molecule has 0 saturated heterocycles. The van der Waals surface area contributed by atoms with E-state index in [1.807, 2.05) is 0 Å². The first-order valence-corrected chi connectivity index (χ1v) is 9.85. The van der Waals surface area contributed by atoms with Gasteiger partial charge in [0.25, 0.3) is 0 Å². The lowest BCUT2D eigenvalue weighted by Gasteiger charge is -2.38. The molecule has 0 unspecified atom stereocenters. The number of hydrogen-bond acceptors (Lipinski definition) is 1. The van der Waals surface area contributed by atoms with Gasteiger partial charge in [0.1, 0.15) is 0 Å². The summed E-state index contributed by atoms with van der Waals surface area (Å²) in [5.41, 5.74) is 10.6. The molecule has 0 amide bonds. The molecule has 1 nitrogen and oxygen atoms in total. The van der Waals surface area contributed by atoms with Gasteiger partial charge >= 0.3 is 0 Å². The minimum absolute atomic E-state index is 0.244. The SMILES string of the molecule is Cc1ccccc1B1c2ccccc2N(c2ccccc2)c2cccc(C)c21. The molecule has 1 aliphatic rings. The van der Waals surface area contributed by atoms with Crippen molar-refractivity contribution >= 4 is 40.2 Å². The predicted molar refractivity (Wildman–Crippen MR) is 122 cm³/mol. The van der Waals surface area contributed by atoms with Gasteiger partial charge in [-0.15, -0.1) is 0 Å². The molecule has 0 atom stereocenters. The smallest absolute Gasteiger partial charge is 0.247 e. The zero-order valence-corrected chi connectivity index (χ0v) is 16.3. The highest BCUT2D eigenvalue weighted by molar-refractivity contribution is 6.98. The molecule has 1 heterocycles. The number of hydrogen-bond donors (Lipinski definition) is 0. The van der Waals surface area contributed by atoms with Crippen LogP contribution in [0.25, 0.3) is 0 Å². The minimum atomic E-state index is 0.244. The summed E-state index contributed by atoms with van der Waals surface area (Å²) in [6.45, 7) is 4.70. The summed E-state index contributed by atoms with van der Waals surface area (Å²) in [7, 11) is 0. The average molecular weight is 359 g/mol. The first kappa shape index (κ1) is 16.9. The molecule has 0 fully saturated rings. The van der Waals surface area contributed by atoms with Crippen molar-refractivity contribution in [1.29, 1.82) is 0 Å². The maximum atomic E-state index is 2.41. The average Bonchev–Trinajstić information content (AvgIpc) is 2.74. The van der Waals surface area contributed by atoms with Gasteiger partial charge in [-0.1, -0.05) is 89.4 Å². The molecule has 0 N–H and O–H groups in total. The topological polar surface area (TPSA) is 3.24 Å². The van der Waals surface area contributed by atoms with Crippen LogP contribution in [-0.4, -0.2) is 6.71 Å². The van der Waals surface area contributed by atoms with Gasteiger partial charge in [-0.3, -0.25) is 0 Å². The normalized spacial score (nSPS) is 12.5. The van der Waals surface area contributed by atoms with E-state index in [1.54, 1.807) is 0 Å². The van der Waals surface area contributed by atoms with E-state index in [1.165, 1.54) is 44.6 Å². The number of aryl methyl sites for hydroxylation is 2. The largest absolute Gasteiger partial charge is 0.312 e. The van der Waals surface area contributed by atoms with E-state index in [2.05, 4.69) is 116 Å². The summed E-state index contributed by atoms with van der Waals surface area (Å²) < 4.78 is 0. The highest BCUT2D eigenvalue weighted by atomic mass is 15.1. The van der Waals surface area contributed by atoms with Gasteiger partial charge in [0.2, 0.25) is 6.71 Å². The van der Waals surface area contributed by atoms with Gasteiger partial charge in [0, 0.05) is 17.1 Å². The molecular formula is C26H22BN. The Morgan fingerprint density at radius 2 is 1.14 bits per heavy atom. The molecule has 0 spiro atoms. The molecule has 2 heteroatoms. The van der Waals surface area contributed by atoms with Crippen molar-refractivity contribution < 1.29 is 0 Å². The van der Waals surface area contributed by atoms with Gasteiger partial charge in [-0.2, -0.15) is 0 Å². The quantitative estimate of drug-likeness (QED) is 0.416. The van der Waals surface area contributed by atoms with Crippen LogP contribution in [0.15, 0.2) is 97.1 Å². The second-order valence-electron chi connectivity index (χ2n) is 7.53. The fourth-order valence-corrected chi connectivity index (χ4v) is 4.55. The lowest BCUT2D eigenvalue weighted by atomic mass is 9.34. The number of para-hydroxylation sites is 2. The fraction of sp³-hybridized carbons (Fsp3) is 0.0769. The molecule has 0 saturated carbocycles. The Morgan fingerprint density at radius 1 is 0.536 bits per heavy atom. The molecule has 134 valence electrons. The molecule has 5 rings (SSSR count). The summed E-state index contributed by atoms with van der Waals surface area (Å²) in [5, 5.41) is 0. The predicted octanol–water partition coefficient (Wildman–Crippen LogP) is 4.60. The lowest BCUT2D eigenvalue weighted by molar-refractivity contribution is 1.28. The van der Waals surface area contributed by atoms with Crippen molar-refractivity contribution in [2.45, 2.75) is 13.8 Å². The Labute approximate surface area is 167 Å². The van der Waals surface area contributed by atoms with Gasteiger partial charge in [-0.25, -0.2) is 0 Å². The summed E-state index contributed by atoms with van der Waals surface area (Å²) >= 11 is 0. The molecule has 4 aromatic rings. The van der Waals surface area contributed by atoms with Crippen LogP contribution in [-0.2, 0) is 0 Å². The zero-order valence-electron chi connectivity index (χ0n) is 16.3. The number of fused-ring (bicyclic) bond motifs is 2. The highest BCUT2D eigenvalue weighted by Crippen LogP contribution is 2.36. The van der Waals surface area contributed by atoms with Crippen LogP contribution in [0, 0.1) is 13.8 Å². The minimum Gasteiger partial charge on any atom is -0.312 e. The molecule has 28 heavy (non-hydrogen) atoms. The van der Waals surface area contributed by atoms with Gasteiger partial charge in [0.15, 0.2) is 0 Å². The molecule has 0 radical (unpaired) electrons. The van der Waals surface area contributed by atoms with Crippen LogP contribution < -0.4 is 21.3 Å². The fourth-order valence-electron chi connectivity index (χ4n) is 4.55.